The first-order chi connectivity index (χ1) is 11.7. The molecule has 25 heavy (non-hydrogen) atoms. The summed E-state index contributed by atoms with van der Waals surface area (Å²) < 4.78 is 36.6. The lowest BCUT2D eigenvalue weighted by Crippen LogP contribution is -2.10. The number of para-hydroxylation sites is 1. The number of allylic oxidation sites excluding steroid dienone is 1. The first-order valence-electron chi connectivity index (χ1n) is 7.17. The van der Waals surface area contributed by atoms with Gasteiger partial charge >= 0.3 is 5.97 Å². The molecule has 0 atom stereocenters. The van der Waals surface area contributed by atoms with Gasteiger partial charge in [0.15, 0.2) is 5.75 Å². The molecule has 0 aliphatic carbocycles. The van der Waals surface area contributed by atoms with E-state index in [0.717, 1.165) is 12.3 Å². The molecule has 7 nitrogen and oxygen atoms in total. The number of rotatable bonds is 7. The molecule has 0 heterocycles. The van der Waals surface area contributed by atoms with Crippen LogP contribution in [0.5, 0.6) is 17.2 Å². The van der Waals surface area contributed by atoms with Gasteiger partial charge in [0.2, 0.25) is 10.0 Å². The second-order valence-electron chi connectivity index (χ2n) is 5.14. The molecule has 0 fully saturated rings. The second kappa shape index (κ2) is 7.71. The van der Waals surface area contributed by atoms with E-state index in [4.69, 9.17) is 14.6 Å². The molecule has 0 aliphatic heterocycles. The van der Waals surface area contributed by atoms with Crippen molar-refractivity contribution in [1.29, 1.82) is 0 Å². The molecule has 0 bridgehead atoms. The monoisotopic (exact) mass is 363 g/mol. The summed E-state index contributed by atoms with van der Waals surface area (Å²) in [6.45, 7) is 1.48. The number of ether oxygens (including phenoxy) is 2. The highest BCUT2D eigenvalue weighted by atomic mass is 32.2. The van der Waals surface area contributed by atoms with Gasteiger partial charge in [-0.15, -0.1) is 0 Å². The topological polar surface area (TPSA) is 102 Å². The average molecular weight is 363 g/mol. The van der Waals surface area contributed by atoms with Crippen LogP contribution >= 0.6 is 0 Å². The van der Waals surface area contributed by atoms with Gasteiger partial charge in [-0.3, -0.25) is 4.72 Å². The predicted molar refractivity (Wildman–Crippen MR) is 93.4 cm³/mol. The molecule has 2 rings (SSSR count). The van der Waals surface area contributed by atoms with Crippen molar-refractivity contribution in [3.8, 4) is 17.2 Å². The Kier molecular flexibility index (Phi) is 5.66. The number of carbonyl (C=O) groups is 1. The Morgan fingerprint density at radius 3 is 2.40 bits per heavy atom. The molecule has 0 saturated heterocycles. The van der Waals surface area contributed by atoms with Crippen LogP contribution in [0.25, 0.3) is 0 Å². The quantitative estimate of drug-likeness (QED) is 0.578. The van der Waals surface area contributed by atoms with Gasteiger partial charge in [0.1, 0.15) is 17.3 Å². The number of anilines is 1. The van der Waals surface area contributed by atoms with Gasteiger partial charge in [0, 0.05) is 6.07 Å². The summed E-state index contributed by atoms with van der Waals surface area (Å²) in [5, 5.41) is 8.71. The number of aliphatic carboxylic acids is 1. The van der Waals surface area contributed by atoms with Crippen molar-refractivity contribution >= 4 is 21.7 Å². The fourth-order valence-electron chi connectivity index (χ4n) is 1.95. The van der Waals surface area contributed by atoms with Gasteiger partial charge in [-0.2, -0.15) is 0 Å². The molecule has 0 radical (unpaired) electrons. The van der Waals surface area contributed by atoms with Gasteiger partial charge in [0.25, 0.3) is 0 Å². The summed E-state index contributed by atoms with van der Waals surface area (Å²) in [5.41, 5.74) is 0.173. The van der Waals surface area contributed by atoms with Crippen LogP contribution in [0.3, 0.4) is 0 Å². The Balaban J connectivity index is 2.34. The van der Waals surface area contributed by atoms with Crippen molar-refractivity contribution in [2.75, 3.05) is 11.0 Å². The maximum Gasteiger partial charge on any atom is 0.331 e. The number of carboxylic acids is 1. The van der Waals surface area contributed by atoms with Crippen molar-refractivity contribution in [3.05, 3.63) is 60.4 Å². The normalized spacial score (nSPS) is 11.7. The fourth-order valence-corrected chi connectivity index (χ4v) is 2.50. The molecule has 0 unspecified atom stereocenters. The maximum absolute atomic E-state index is 11.6. The number of sulfonamides is 1. The summed E-state index contributed by atoms with van der Waals surface area (Å²) in [4.78, 5) is 10.6. The SMILES string of the molecule is C/C(=C\C(=O)O)Oc1ccc(Oc2ccccc2)c(NS(C)(=O)=O)c1. The minimum atomic E-state index is -3.55. The van der Waals surface area contributed by atoms with E-state index in [1.807, 2.05) is 6.07 Å². The minimum absolute atomic E-state index is 0.148. The average Bonchev–Trinajstić information content (AvgIpc) is 2.48. The smallest absolute Gasteiger partial charge is 0.331 e. The van der Waals surface area contributed by atoms with Crippen molar-refractivity contribution in [2.45, 2.75) is 6.92 Å². The van der Waals surface area contributed by atoms with Gasteiger partial charge in [0.05, 0.1) is 18.0 Å². The van der Waals surface area contributed by atoms with Crippen LogP contribution in [0.1, 0.15) is 6.92 Å². The molecular weight excluding hydrogens is 346 g/mol. The van der Waals surface area contributed by atoms with Crippen LogP contribution < -0.4 is 14.2 Å². The second-order valence-corrected chi connectivity index (χ2v) is 6.89. The van der Waals surface area contributed by atoms with E-state index in [-0.39, 0.29) is 22.9 Å². The third-order valence-electron chi connectivity index (χ3n) is 2.82. The van der Waals surface area contributed by atoms with Gasteiger partial charge in [-0.1, -0.05) is 18.2 Å². The molecule has 0 aromatic heterocycles. The summed E-state index contributed by atoms with van der Waals surface area (Å²) in [6.07, 6.45) is 1.92. The highest BCUT2D eigenvalue weighted by molar-refractivity contribution is 7.92. The first kappa shape index (κ1) is 18.3. The zero-order chi connectivity index (χ0) is 18.4. The van der Waals surface area contributed by atoms with Gasteiger partial charge in [-0.05, 0) is 31.2 Å². The maximum atomic E-state index is 11.6. The van der Waals surface area contributed by atoms with E-state index in [2.05, 4.69) is 4.72 Å². The van der Waals surface area contributed by atoms with Crippen LogP contribution in [0.15, 0.2) is 60.4 Å². The van der Waals surface area contributed by atoms with Crippen LogP contribution in [-0.4, -0.2) is 25.7 Å². The first-order valence-corrected chi connectivity index (χ1v) is 9.06. The number of carboxylic acid groups (broad SMARTS) is 1. The number of nitrogens with one attached hydrogen (secondary N) is 1. The third-order valence-corrected chi connectivity index (χ3v) is 3.41. The third kappa shape index (κ3) is 6.19. The molecule has 8 heteroatoms. The molecule has 2 aromatic rings. The molecule has 2 N–H and O–H groups in total. The van der Waals surface area contributed by atoms with Crippen LogP contribution in [-0.2, 0) is 14.8 Å². The van der Waals surface area contributed by atoms with E-state index in [9.17, 15) is 13.2 Å². The standard InChI is InChI=1S/C17H17NO6S/c1-12(10-17(19)20)23-14-8-9-16(15(11-14)18-25(2,21)22)24-13-6-4-3-5-7-13/h3-11,18H,1-2H3,(H,19,20)/b12-10+. The predicted octanol–water partition coefficient (Wildman–Crippen LogP) is 3.22. The molecule has 0 amide bonds. The van der Waals surface area contributed by atoms with Crippen LogP contribution in [0.4, 0.5) is 5.69 Å². The van der Waals surface area contributed by atoms with E-state index >= 15 is 0 Å². The molecule has 2 aromatic carbocycles. The molecule has 0 saturated carbocycles. The zero-order valence-electron chi connectivity index (χ0n) is 13.6. The summed E-state index contributed by atoms with van der Waals surface area (Å²) in [7, 11) is -3.55. The largest absolute Gasteiger partial charge is 0.478 e. The van der Waals surface area contributed by atoms with E-state index in [1.54, 1.807) is 30.3 Å². The lowest BCUT2D eigenvalue weighted by molar-refractivity contribution is -0.131. The van der Waals surface area contributed by atoms with Crippen molar-refractivity contribution < 1.29 is 27.8 Å². The molecular formula is C17H17NO6S. The van der Waals surface area contributed by atoms with Crippen molar-refractivity contribution in [2.24, 2.45) is 0 Å². The van der Waals surface area contributed by atoms with E-state index < -0.39 is 16.0 Å². The Labute approximate surface area is 145 Å². The number of hydrogen-bond acceptors (Lipinski definition) is 5. The molecule has 132 valence electrons. The number of hydrogen-bond donors (Lipinski definition) is 2. The molecule has 0 aliphatic rings. The Morgan fingerprint density at radius 1 is 1.12 bits per heavy atom. The Hall–Kier alpha value is -3.00. The summed E-state index contributed by atoms with van der Waals surface area (Å²) in [6, 6.07) is 13.4. The summed E-state index contributed by atoms with van der Waals surface area (Å²) >= 11 is 0. The summed E-state index contributed by atoms with van der Waals surface area (Å²) in [5.74, 6) is 0.0885. The Morgan fingerprint density at radius 2 is 1.80 bits per heavy atom. The minimum Gasteiger partial charge on any atom is -0.478 e. The highest BCUT2D eigenvalue weighted by Gasteiger charge is 2.12. The zero-order valence-corrected chi connectivity index (χ0v) is 14.4. The highest BCUT2D eigenvalue weighted by Crippen LogP contribution is 2.34. The van der Waals surface area contributed by atoms with E-state index in [0.29, 0.717) is 5.75 Å². The molecule has 0 spiro atoms. The van der Waals surface area contributed by atoms with Crippen molar-refractivity contribution in [1.82, 2.24) is 0 Å². The fraction of sp³-hybridized carbons (Fsp3) is 0.118. The lowest BCUT2D eigenvalue weighted by atomic mass is 10.2. The Bertz CT molecular complexity index is 891. The number of benzene rings is 2. The van der Waals surface area contributed by atoms with Crippen LogP contribution in [0.2, 0.25) is 0 Å². The van der Waals surface area contributed by atoms with Gasteiger partial charge < -0.3 is 14.6 Å². The van der Waals surface area contributed by atoms with E-state index in [1.165, 1.54) is 19.1 Å². The van der Waals surface area contributed by atoms with Crippen molar-refractivity contribution in [3.63, 3.8) is 0 Å². The van der Waals surface area contributed by atoms with Gasteiger partial charge in [-0.25, -0.2) is 13.2 Å². The lowest BCUT2D eigenvalue weighted by Gasteiger charge is -2.14. The van der Waals surface area contributed by atoms with Crippen LogP contribution in [0, 0.1) is 0 Å².